The number of cyclic esters (lactones) is 1. The van der Waals surface area contributed by atoms with Crippen LogP contribution in [0.15, 0.2) is 28.9 Å². The van der Waals surface area contributed by atoms with Crippen molar-refractivity contribution in [3.05, 3.63) is 35.5 Å². The van der Waals surface area contributed by atoms with Gasteiger partial charge in [0.1, 0.15) is 6.10 Å². The van der Waals surface area contributed by atoms with Gasteiger partial charge in [0.15, 0.2) is 5.76 Å². The van der Waals surface area contributed by atoms with Gasteiger partial charge in [-0.05, 0) is 37.0 Å². The number of benzene rings is 1. The molecule has 7 heteroatoms. The van der Waals surface area contributed by atoms with Crippen molar-refractivity contribution >= 4 is 17.7 Å². The first-order valence-electron chi connectivity index (χ1n) is 8.41. The zero-order valence-corrected chi connectivity index (χ0v) is 13.9. The predicted octanol–water partition coefficient (Wildman–Crippen LogP) is 2.29. The molecule has 2 aliphatic rings. The molecule has 1 aromatic carbocycles. The number of rotatable bonds is 3. The predicted molar refractivity (Wildman–Crippen MR) is 90.3 cm³/mol. The van der Waals surface area contributed by atoms with E-state index in [4.69, 9.17) is 9.26 Å². The number of ether oxygens (including phenoxy) is 1. The van der Waals surface area contributed by atoms with Gasteiger partial charge in [-0.15, -0.1) is 0 Å². The van der Waals surface area contributed by atoms with Crippen molar-refractivity contribution in [3.8, 4) is 11.3 Å². The lowest BCUT2D eigenvalue weighted by molar-refractivity contribution is -0.119. The van der Waals surface area contributed by atoms with E-state index in [0.29, 0.717) is 13.1 Å². The Morgan fingerprint density at radius 2 is 2.20 bits per heavy atom. The summed E-state index contributed by atoms with van der Waals surface area (Å²) in [7, 11) is 0. The monoisotopic (exact) mass is 341 g/mol. The first-order valence-corrected chi connectivity index (χ1v) is 8.41. The number of carbonyl (C=O) groups is 2. The third kappa shape index (κ3) is 2.97. The third-order valence-electron chi connectivity index (χ3n) is 4.64. The molecule has 0 bridgehead atoms. The molecule has 0 unspecified atom stereocenters. The molecule has 2 amide bonds. The summed E-state index contributed by atoms with van der Waals surface area (Å²) in [6.45, 7) is 2.16. The highest BCUT2D eigenvalue weighted by Gasteiger charge is 2.33. The fourth-order valence-corrected chi connectivity index (χ4v) is 3.39. The van der Waals surface area contributed by atoms with Crippen molar-refractivity contribution in [2.75, 3.05) is 18.0 Å². The van der Waals surface area contributed by atoms with E-state index in [-0.39, 0.29) is 12.0 Å². The number of nitrogens with zero attached hydrogens (tertiary/aromatic N) is 2. The molecule has 2 heterocycles. The van der Waals surface area contributed by atoms with Gasteiger partial charge >= 0.3 is 6.09 Å². The molecule has 1 N–H and O–H groups in total. The Bertz CT molecular complexity index is 829. The number of fused-ring (bicyclic) bond motifs is 3. The Balaban J connectivity index is 1.61. The van der Waals surface area contributed by atoms with Crippen LogP contribution in [-0.2, 0) is 22.4 Å². The molecule has 1 aliphatic carbocycles. The lowest BCUT2D eigenvalue weighted by Gasteiger charge is -2.15. The third-order valence-corrected chi connectivity index (χ3v) is 4.64. The molecular formula is C18H19N3O4. The molecule has 1 saturated heterocycles. The Morgan fingerprint density at radius 1 is 1.36 bits per heavy atom. The zero-order valence-electron chi connectivity index (χ0n) is 13.9. The van der Waals surface area contributed by atoms with Crippen molar-refractivity contribution in [2.24, 2.45) is 0 Å². The van der Waals surface area contributed by atoms with Gasteiger partial charge in [0.2, 0.25) is 5.91 Å². The van der Waals surface area contributed by atoms with Gasteiger partial charge in [-0.3, -0.25) is 9.69 Å². The summed E-state index contributed by atoms with van der Waals surface area (Å²) in [5.74, 6) is 0.647. The van der Waals surface area contributed by atoms with E-state index >= 15 is 0 Å². The van der Waals surface area contributed by atoms with E-state index in [1.165, 1.54) is 12.5 Å². The molecule has 1 aliphatic heterocycles. The largest absolute Gasteiger partial charge is 0.442 e. The lowest BCUT2D eigenvalue weighted by Crippen LogP contribution is -2.33. The normalized spacial score (nSPS) is 19.0. The van der Waals surface area contributed by atoms with E-state index in [9.17, 15) is 9.59 Å². The SMILES string of the molecule is CC(=O)NC[C@H]1CN(c2ccc3c(c2)-c2oncc2CCC3)C(=O)O1. The Kier molecular flexibility index (Phi) is 3.91. The van der Waals surface area contributed by atoms with E-state index in [0.717, 1.165) is 41.8 Å². The van der Waals surface area contributed by atoms with Gasteiger partial charge < -0.3 is 14.6 Å². The average molecular weight is 341 g/mol. The van der Waals surface area contributed by atoms with Crippen LogP contribution in [0.4, 0.5) is 10.5 Å². The van der Waals surface area contributed by atoms with Crippen molar-refractivity contribution in [1.29, 1.82) is 0 Å². The van der Waals surface area contributed by atoms with E-state index in [1.807, 2.05) is 18.2 Å². The van der Waals surface area contributed by atoms with Gasteiger partial charge in [0.25, 0.3) is 0 Å². The molecule has 25 heavy (non-hydrogen) atoms. The molecule has 1 aromatic heterocycles. The molecule has 2 aromatic rings. The van der Waals surface area contributed by atoms with Crippen LogP contribution in [0.25, 0.3) is 11.3 Å². The smallest absolute Gasteiger partial charge is 0.414 e. The summed E-state index contributed by atoms with van der Waals surface area (Å²) in [5, 5.41) is 6.60. The summed E-state index contributed by atoms with van der Waals surface area (Å²) in [6, 6.07) is 5.94. The topological polar surface area (TPSA) is 84.7 Å². The highest BCUT2D eigenvalue weighted by atomic mass is 16.6. The fraction of sp³-hybridized carbons (Fsp3) is 0.389. The van der Waals surface area contributed by atoms with Gasteiger partial charge in [-0.2, -0.15) is 0 Å². The van der Waals surface area contributed by atoms with Gasteiger partial charge in [0, 0.05) is 23.7 Å². The summed E-state index contributed by atoms with van der Waals surface area (Å²) in [4.78, 5) is 24.8. The maximum Gasteiger partial charge on any atom is 0.414 e. The minimum atomic E-state index is -0.401. The van der Waals surface area contributed by atoms with E-state index in [2.05, 4.69) is 10.5 Å². The number of nitrogens with one attached hydrogen (secondary N) is 1. The number of amides is 2. The Morgan fingerprint density at radius 3 is 3.04 bits per heavy atom. The first kappa shape index (κ1) is 15.7. The molecule has 1 fully saturated rings. The van der Waals surface area contributed by atoms with Crippen molar-refractivity contribution in [2.45, 2.75) is 32.3 Å². The zero-order chi connectivity index (χ0) is 17.4. The molecule has 130 valence electrons. The van der Waals surface area contributed by atoms with Crippen LogP contribution in [0.1, 0.15) is 24.5 Å². The summed E-state index contributed by atoms with van der Waals surface area (Å²) >= 11 is 0. The highest BCUT2D eigenvalue weighted by molar-refractivity contribution is 5.91. The quantitative estimate of drug-likeness (QED) is 0.926. The fourth-order valence-electron chi connectivity index (χ4n) is 3.39. The van der Waals surface area contributed by atoms with Crippen molar-refractivity contribution in [1.82, 2.24) is 10.5 Å². The van der Waals surface area contributed by atoms with Crippen LogP contribution in [0.5, 0.6) is 0 Å². The number of carbonyl (C=O) groups excluding carboxylic acids is 2. The number of anilines is 1. The van der Waals surface area contributed by atoms with Crippen LogP contribution in [0.2, 0.25) is 0 Å². The summed E-state index contributed by atoms with van der Waals surface area (Å²) in [6.07, 6.45) is 3.97. The van der Waals surface area contributed by atoms with Crippen LogP contribution in [0, 0.1) is 0 Å². The lowest BCUT2D eigenvalue weighted by atomic mass is 10.0. The second-order valence-electron chi connectivity index (χ2n) is 6.43. The minimum absolute atomic E-state index is 0.141. The number of aromatic nitrogens is 1. The van der Waals surface area contributed by atoms with E-state index in [1.54, 1.807) is 11.1 Å². The van der Waals surface area contributed by atoms with Gasteiger partial charge in [0.05, 0.1) is 19.3 Å². The maximum atomic E-state index is 12.2. The first-order chi connectivity index (χ1) is 12.1. The van der Waals surface area contributed by atoms with Crippen molar-refractivity contribution in [3.63, 3.8) is 0 Å². The molecule has 0 saturated carbocycles. The molecule has 4 rings (SSSR count). The van der Waals surface area contributed by atoms with E-state index < -0.39 is 6.09 Å². The number of hydrogen-bond donors (Lipinski definition) is 1. The Hall–Kier alpha value is -2.83. The molecule has 0 spiro atoms. The van der Waals surface area contributed by atoms with Crippen LogP contribution < -0.4 is 10.2 Å². The van der Waals surface area contributed by atoms with Crippen molar-refractivity contribution < 1.29 is 18.8 Å². The van der Waals surface area contributed by atoms with Crippen LogP contribution in [-0.4, -0.2) is 36.4 Å². The second-order valence-corrected chi connectivity index (χ2v) is 6.43. The average Bonchev–Trinajstić information content (AvgIpc) is 3.16. The van der Waals surface area contributed by atoms with Crippen LogP contribution >= 0.6 is 0 Å². The van der Waals surface area contributed by atoms with Gasteiger partial charge in [-0.1, -0.05) is 11.2 Å². The standard InChI is InChI=1S/C18H19N3O4/c1-11(22)19-9-15-10-21(18(23)24-15)14-6-5-12-3-2-4-13-8-20-25-17(13)16(12)7-14/h5-8,15H,2-4,9-10H2,1H3,(H,19,22)/t15-/m0/s1. The van der Waals surface area contributed by atoms with Crippen LogP contribution in [0.3, 0.4) is 0 Å². The highest BCUT2D eigenvalue weighted by Crippen LogP contribution is 2.35. The maximum absolute atomic E-state index is 12.2. The molecular weight excluding hydrogens is 322 g/mol. The molecule has 1 atom stereocenters. The molecule has 0 radical (unpaired) electrons. The Labute approximate surface area is 144 Å². The summed E-state index contributed by atoms with van der Waals surface area (Å²) in [5.41, 5.74) is 4.05. The molecule has 7 nitrogen and oxygen atoms in total. The van der Waals surface area contributed by atoms with Gasteiger partial charge in [-0.25, -0.2) is 4.79 Å². The number of aryl methyl sites for hydroxylation is 2. The minimum Gasteiger partial charge on any atom is -0.442 e. The number of hydrogen-bond acceptors (Lipinski definition) is 5. The second kappa shape index (κ2) is 6.23. The summed E-state index contributed by atoms with van der Waals surface area (Å²) < 4.78 is 10.8.